The van der Waals surface area contributed by atoms with Gasteiger partial charge in [-0.15, -0.1) is 0 Å². The first-order valence-corrected chi connectivity index (χ1v) is 6.82. The highest BCUT2D eigenvalue weighted by atomic mass is 79.9. The Bertz CT molecular complexity index is 492. The van der Waals surface area contributed by atoms with E-state index in [1.54, 1.807) is 32.3 Å². The minimum atomic E-state index is -0.242. The summed E-state index contributed by atoms with van der Waals surface area (Å²) in [7, 11) is 4.82. The number of benzene rings is 1. The second kappa shape index (κ2) is 7.74. The fraction of sp³-hybridized carbons (Fsp3) is 0.385. The van der Waals surface area contributed by atoms with Crippen LogP contribution < -0.4 is 15.4 Å². The Hall–Kier alpha value is -1.76. The molecule has 0 aliphatic heterocycles. The zero-order chi connectivity index (χ0) is 15.1. The standard InChI is InChI=1S/C13H18BrN3O3/c1-17(2)13(19)16-7-6-15-12(18)10-5-4-9(14)8-11(10)20-3/h4-5,8H,6-7H2,1-3H3,(H,15,18)(H,16,19). The summed E-state index contributed by atoms with van der Waals surface area (Å²) in [6, 6.07) is 4.98. The van der Waals surface area contributed by atoms with E-state index < -0.39 is 0 Å². The molecule has 0 aliphatic carbocycles. The number of hydrogen-bond donors (Lipinski definition) is 2. The van der Waals surface area contributed by atoms with Gasteiger partial charge < -0.3 is 20.3 Å². The van der Waals surface area contributed by atoms with Crippen molar-refractivity contribution in [2.75, 3.05) is 34.3 Å². The number of nitrogens with zero attached hydrogens (tertiary/aromatic N) is 1. The molecule has 0 aliphatic rings. The summed E-state index contributed by atoms with van der Waals surface area (Å²) >= 11 is 3.32. The highest BCUT2D eigenvalue weighted by Gasteiger charge is 2.12. The topological polar surface area (TPSA) is 70.7 Å². The summed E-state index contributed by atoms with van der Waals surface area (Å²) in [6.07, 6.45) is 0. The number of nitrogens with one attached hydrogen (secondary N) is 2. The van der Waals surface area contributed by atoms with Crippen molar-refractivity contribution in [2.45, 2.75) is 0 Å². The van der Waals surface area contributed by atoms with Gasteiger partial charge in [-0.2, -0.15) is 0 Å². The van der Waals surface area contributed by atoms with Crippen LogP contribution in [0, 0.1) is 0 Å². The third kappa shape index (κ3) is 4.73. The van der Waals surface area contributed by atoms with E-state index >= 15 is 0 Å². The van der Waals surface area contributed by atoms with Crippen LogP contribution in [0.15, 0.2) is 22.7 Å². The molecule has 7 heteroatoms. The Labute approximate surface area is 126 Å². The van der Waals surface area contributed by atoms with Gasteiger partial charge in [0.1, 0.15) is 5.75 Å². The highest BCUT2D eigenvalue weighted by molar-refractivity contribution is 9.10. The van der Waals surface area contributed by atoms with Crippen molar-refractivity contribution in [3.05, 3.63) is 28.2 Å². The SMILES string of the molecule is COc1cc(Br)ccc1C(=O)NCCNC(=O)N(C)C. The molecule has 0 saturated heterocycles. The average molecular weight is 344 g/mol. The number of halogens is 1. The molecule has 6 nitrogen and oxygen atoms in total. The van der Waals surface area contributed by atoms with Crippen LogP contribution >= 0.6 is 15.9 Å². The van der Waals surface area contributed by atoms with E-state index in [1.165, 1.54) is 12.0 Å². The highest BCUT2D eigenvalue weighted by Crippen LogP contribution is 2.23. The van der Waals surface area contributed by atoms with Crippen LogP contribution in [-0.2, 0) is 0 Å². The Morgan fingerprint density at radius 2 is 1.90 bits per heavy atom. The fourth-order valence-electron chi connectivity index (χ4n) is 1.45. The van der Waals surface area contributed by atoms with Crippen molar-refractivity contribution >= 4 is 27.9 Å². The van der Waals surface area contributed by atoms with E-state index in [2.05, 4.69) is 26.6 Å². The van der Waals surface area contributed by atoms with E-state index in [0.717, 1.165) is 4.47 Å². The quantitative estimate of drug-likeness (QED) is 0.795. The summed E-state index contributed by atoms with van der Waals surface area (Å²) in [6.45, 7) is 0.708. The first-order chi connectivity index (χ1) is 9.45. The van der Waals surface area contributed by atoms with Crippen molar-refractivity contribution in [3.63, 3.8) is 0 Å². The second-order valence-electron chi connectivity index (χ2n) is 4.23. The lowest BCUT2D eigenvalue weighted by Gasteiger charge is -2.13. The summed E-state index contributed by atoms with van der Waals surface area (Å²) in [5.74, 6) is 0.252. The molecule has 0 fully saturated rings. The summed E-state index contributed by atoms with van der Waals surface area (Å²) in [5, 5.41) is 5.38. The largest absolute Gasteiger partial charge is 0.496 e. The molecule has 1 aromatic carbocycles. The predicted molar refractivity (Wildman–Crippen MR) is 80.1 cm³/mol. The fourth-order valence-corrected chi connectivity index (χ4v) is 1.79. The zero-order valence-electron chi connectivity index (χ0n) is 11.7. The second-order valence-corrected chi connectivity index (χ2v) is 5.14. The lowest BCUT2D eigenvalue weighted by atomic mass is 10.2. The van der Waals surface area contributed by atoms with Gasteiger partial charge in [-0.25, -0.2) is 4.79 Å². The van der Waals surface area contributed by atoms with Crippen LogP contribution in [0.5, 0.6) is 5.75 Å². The molecule has 0 saturated carbocycles. The van der Waals surface area contributed by atoms with Crippen LogP contribution in [0.4, 0.5) is 4.79 Å². The Kier molecular flexibility index (Phi) is 6.30. The molecule has 0 radical (unpaired) electrons. The zero-order valence-corrected chi connectivity index (χ0v) is 13.3. The number of carbonyl (C=O) groups excluding carboxylic acids is 2. The van der Waals surface area contributed by atoms with Gasteiger partial charge in [0.15, 0.2) is 0 Å². The Morgan fingerprint density at radius 3 is 2.50 bits per heavy atom. The van der Waals surface area contributed by atoms with E-state index in [9.17, 15) is 9.59 Å². The maximum atomic E-state index is 12.0. The molecule has 0 heterocycles. The number of hydrogen-bond acceptors (Lipinski definition) is 3. The van der Waals surface area contributed by atoms with Crippen LogP contribution in [0.3, 0.4) is 0 Å². The van der Waals surface area contributed by atoms with E-state index in [4.69, 9.17) is 4.74 Å². The molecule has 0 unspecified atom stereocenters. The minimum Gasteiger partial charge on any atom is -0.496 e. The van der Waals surface area contributed by atoms with Crippen molar-refractivity contribution in [1.29, 1.82) is 0 Å². The number of ether oxygens (including phenoxy) is 1. The molecule has 1 aromatic rings. The van der Waals surface area contributed by atoms with Crippen LogP contribution in [0.1, 0.15) is 10.4 Å². The number of methoxy groups -OCH3 is 1. The van der Waals surface area contributed by atoms with Gasteiger partial charge in [0, 0.05) is 31.7 Å². The minimum absolute atomic E-state index is 0.194. The third-order valence-electron chi connectivity index (χ3n) is 2.50. The third-order valence-corrected chi connectivity index (χ3v) is 2.99. The molecule has 0 bridgehead atoms. The van der Waals surface area contributed by atoms with Gasteiger partial charge >= 0.3 is 6.03 Å². The lowest BCUT2D eigenvalue weighted by molar-refractivity contribution is 0.0950. The van der Waals surface area contributed by atoms with Gasteiger partial charge in [-0.05, 0) is 18.2 Å². The van der Waals surface area contributed by atoms with Gasteiger partial charge in [0.25, 0.3) is 5.91 Å². The Balaban J connectivity index is 2.49. The van der Waals surface area contributed by atoms with Crippen molar-refractivity contribution in [3.8, 4) is 5.75 Å². The molecular formula is C13H18BrN3O3. The van der Waals surface area contributed by atoms with Crippen LogP contribution in [0.25, 0.3) is 0 Å². The van der Waals surface area contributed by atoms with Crippen LogP contribution in [-0.4, -0.2) is 51.1 Å². The van der Waals surface area contributed by atoms with Gasteiger partial charge in [-0.3, -0.25) is 4.79 Å². The molecule has 3 amide bonds. The molecule has 0 spiro atoms. The van der Waals surface area contributed by atoms with E-state index in [1.807, 2.05) is 0 Å². The molecule has 0 atom stereocenters. The molecule has 2 N–H and O–H groups in total. The number of carbonyl (C=O) groups is 2. The summed E-state index contributed by atoms with van der Waals surface area (Å²) in [4.78, 5) is 24.7. The van der Waals surface area contributed by atoms with E-state index in [0.29, 0.717) is 24.4 Å². The molecule has 1 rings (SSSR count). The van der Waals surface area contributed by atoms with E-state index in [-0.39, 0.29) is 11.9 Å². The Morgan fingerprint density at radius 1 is 1.25 bits per heavy atom. The van der Waals surface area contributed by atoms with Crippen molar-refractivity contribution in [1.82, 2.24) is 15.5 Å². The normalized spacial score (nSPS) is 9.80. The monoisotopic (exact) mass is 343 g/mol. The number of amides is 3. The predicted octanol–water partition coefficient (Wildman–Crippen LogP) is 1.46. The smallest absolute Gasteiger partial charge is 0.316 e. The molecule has 110 valence electrons. The average Bonchev–Trinajstić information content (AvgIpc) is 2.42. The van der Waals surface area contributed by atoms with Gasteiger partial charge in [-0.1, -0.05) is 15.9 Å². The van der Waals surface area contributed by atoms with Crippen molar-refractivity contribution in [2.24, 2.45) is 0 Å². The molecule has 0 aromatic heterocycles. The molecule has 20 heavy (non-hydrogen) atoms. The van der Waals surface area contributed by atoms with Crippen molar-refractivity contribution < 1.29 is 14.3 Å². The first kappa shape index (κ1) is 16.3. The number of rotatable bonds is 5. The van der Waals surface area contributed by atoms with Gasteiger partial charge in [0.05, 0.1) is 12.7 Å². The summed E-state index contributed by atoms with van der Waals surface area (Å²) < 4.78 is 5.99. The maximum absolute atomic E-state index is 12.0. The number of urea groups is 1. The van der Waals surface area contributed by atoms with Crippen LogP contribution in [0.2, 0.25) is 0 Å². The first-order valence-electron chi connectivity index (χ1n) is 6.02. The maximum Gasteiger partial charge on any atom is 0.316 e. The lowest BCUT2D eigenvalue weighted by Crippen LogP contribution is -2.39. The van der Waals surface area contributed by atoms with Gasteiger partial charge in [0.2, 0.25) is 0 Å². The molecular weight excluding hydrogens is 326 g/mol. The summed E-state index contributed by atoms with van der Waals surface area (Å²) in [5.41, 5.74) is 0.453.